The summed E-state index contributed by atoms with van der Waals surface area (Å²) in [4.78, 5) is 21.3. The van der Waals surface area contributed by atoms with Crippen molar-refractivity contribution in [2.45, 2.75) is 6.36 Å². The number of hydrogen-bond acceptors (Lipinski definition) is 7. The van der Waals surface area contributed by atoms with Crippen LogP contribution >= 0.6 is 23.7 Å². The molecular weight excluding hydrogens is 483 g/mol. The van der Waals surface area contributed by atoms with Crippen molar-refractivity contribution >= 4 is 45.0 Å². The lowest BCUT2D eigenvalue weighted by Crippen LogP contribution is -2.36. The van der Waals surface area contributed by atoms with Crippen molar-refractivity contribution in [3.05, 3.63) is 42.0 Å². The number of aromatic nitrogens is 1. The molecule has 1 amide bonds. The normalized spacial score (nSPS) is 13.0. The van der Waals surface area contributed by atoms with E-state index < -0.39 is 6.36 Å². The fourth-order valence-corrected chi connectivity index (χ4v) is 4.14. The molecule has 0 bridgehead atoms. The maximum absolute atomic E-state index is 13.4. The molecule has 1 aromatic heterocycles. The highest BCUT2D eigenvalue weighted by Crippen LogP contribution is 2.35. The molecule has 0 spiro atoms. The van der Waals surface area contributed by atoms with Crippen LogP contribution in [0.5, 0.6) is 17.2 Å². The predicted molar refractivity (Wildman–Crippen MR) is 121 cm³/mol. The molecule has 7 nitrogen and oxygen atoms in total. The highest BCUT2D eigenvalue weighted by Gasteiger charge is 2.31. The summed E-state index contributed by atoms with van der Waals surface area (Å²) in [6.45, 7) is 1.75. The summed E-state index contributed by atoms with van der Waals surface area (Å²) < 4.78 is 53.2. The molecule has 3 aromatic rings. The lowest BCUT2D eigenvalue weighted by atomic mass is 10.1. The molecule has 0 unspecified atom stereocenters. The Kier molecular flexibility index (Phi) is 7.55. The number of likely N-dealkylation sites (N-methyl/N-ethyl adjacent to an activating group) is 1. The van der Waals surface area contributed by atoms with E-state index in [9.17, 15) is 18.0 Å². The SMILES string of the molecule is CN(C)CCN(C(=O)c1ccc2c(c1)OCCO2)c1nc2ccc(OC(F)(F)F)cc2s1.Cl. The van der Waals surface area contributed by atoms with Gasteiger partial charge in [-0.1, -0.05) is 11.3 Å². The molecular formula is C21H21ClF3N3O4S. The van der Waals surface area contributed by atoms with E-state index in [0.717, 1.165) is 11.3 Å². The molecule has 0 N–H and O–H groups in total. The summed E-state index contributed by atoms with van der Waals surface area (Å²) >= 11 is 1.12. The third kappa shape index (κ3) is 5.98. The number of carbonyl (C=O) groups is 1. The zero-order chi connectivity index (χ0) is 22.9. The minimum atomic E-state index is -4.78. The zero-order valence-electron chi connectivity index (χ0n) is 17.7. The van der Waals surface area contributed by atoms with Gasteiger partial charge in [-0.2, -0.15) is 0 Å². The van der Waals surface area contributed by atoms with Crippen molar-refractivity contribution in [2.24, 2.45) is 0 Å². The highest BCUT2D eigenvalue weighted by molar-refractivity contribution is 7.22. The number of hydrogen-bond donors (Lipinski definition) is 0. The molecule has 2 aromatic carbocycles. The summed E-state index contributed by atoms with van der Waals surface area (Å²) in [5.41, 5.74) is 0.873. The van der Waals surface area contributed by atoms with Gasteiger partial charge in [-0.05, 0) is 44.4 Å². The van der Waals surface area contributed by atoms with Crippen LogP contribution in [0.2, 0.25) is 0 Å². The van der Waals surface area contributed by atoms with Gasteiger partial charge in [0.2, 0.25) is 0 Å². The number of rotatable bonds is 6. The zero-order valence-corrected chi connectivity index (χ0v) is 19.4. The van der Waals surface area contributed by atoms with Gasteiger partial charge in [0.05, 0.1) is 10.2 Å². The Morgan fingerprint density at radius 2 is 1.82 bits per heavy atom. The van der Waals surface area contributed by atoms with Crippen molar-refractivity contribution in [1.82, 2.24) is 9.88 Å². The van der Waals surface area contributed by atoms with Gasteiger partial charge < -0.3 is 19.1 Å². The number of thiazole rings is 1. The minimum Gasteiger partial charge on any atom is -0.486 e. The summed E-state index contributed by atoms with van der Waals surface area (Å²) in [5, 5.41) is 0.380. The van der Waals surface area contributed by atoms with Gasteiger partial charge in [-0.3, -0.25) is 9.69 Å². The second-order valence-electron chi connectivity index (χ2n) is 7.29. The summed E-state index contributed by atoms with van der Waals surface area (Å²) in [7, 11) is 3.76. The smallest absolute Gasteiger partial charge is 0.486 e. The summed E-state index contributed by atoms with van der Waals surface area (Å²) in [5.74, 6) is 0.436. The third-order valence-electron chi connectivity index (χ3n) is 4.62. The van der Waals surface area contributed by atoms with Crippen LogP contribution in [0.4, 0.5) is 18.3 Å². The molecule has 178 valence electrons. The van der Waals surface area contributed by atoms with Gasteiger partial charge in [0.1, 0.15) is 19.0 Å². The van der Waals surface area contributed by atoms with Gasteiger partial charge in [-0.15, -0.1) is 25.6 Å². The van der Waals surface area contributed by atoms with Gasteiger partial charge in [0.15, 0.2) is 16.6 Å². The van der Waals surface area contributed by atoms with Crippen LogP contribution in [0.3, 0.4) is 0 Å². The first-order valence-corrected chi connectivity index (χ1v) is 10.5. The predicted octanol–water partition coefficient (Wildman–Crippen LogP) is 4.60. The van der Waals surface area contributed by atoms with Gasteiger partial charge >= 0.3 is 6.36 Å². The van der Waals surface area contributed by atoms with Gasteiger partial charge in [0.25, 0.3) is 5.91 Å². The van der Waals surface area contributed by atoms with Crippen LogP contribution in [0.25, 0.3) is 10.2 Å². The second-order valence-corrected chi connectivity index (χ2v) is 8.30. The Balaban J connectivity index is 0.00000306. The molecule has 12 heteroatoms. The number of nitrogens with zero attached hydrogens (tertiary/aromatic N) is 3. The molecule has 2 heterocycles. The van der Waals surface area contributed by atoms with E-state index in [2.05, 4.69) is 9.72 Å². The van der Waals surface area contributed by atoms with Crippen molar-refractivity contribution in [3.63, 3.8) is 0 Å². The van der Waals surface area contributed by atoms with E-state index in [1.165, 1.54) is 23.1 Å². The van der Waals surface area contributed by atoms with Crippen LogP contribution in [0.1, 0.15) is 10.4 Å². The number of halogens is 4. The van der Waals surface area contributed by atoms with E-state index >= 15 is 0 Å². The first-order valence-electron chi connectivity index (χ1n) is 9.72. The van der Waals surface area contributed by atoms with Crippen molar-refractivity contribution in [3.8, 4) is 17.2 Å². The van der Waals surface area contributed by atoms with Gasteiger partial charge in [-0.25, -0.2) is 4.98 Å². The summed E-state index contributed by atoms with van der Waals surface area (Å²) in [6.07, 6.45) is -4.78. The fourth-order valence-electron chi connectivity index (χ4n) is 3.12. The lowest BCUT2D eigenvalue weighted by molar-refractivity contribution is -0.274. The van der Waals surface area contributed by atoms with E-state index in [1.54, 1.807) is 18.2 Å². The van der Waals surface area contributed by atoms with Crippen LogP contribution < -0.4 is 19.1 Å². The Labute approximate surface area is 198 Å². The largest absolute Gasteiger partial charge is 0.573 e. The van der Waals surface area contributed by atoms with Gasteiger partial charge in [0, 0.05) is 24.7 Å². The Bertz CT molecular complexity index is 1140. The number of ether oxygens (including phenoxy) is 3. The summed E-state index contributed by atoms with van der Waals surface area (Å²) in [6, 6.07) is 8.87. The maximum Gasteiger partial charge on any atom is 0.573 e. The fraction of sp³-hybridized carbons (Fsp3) is 0.333. The lowest BCUT2D eigenvalue weighted by Gasteiger charge is -2.23. The average molecular weight is 504 g/mol. The van der Waals surface area contributed by atoms with Crippen LogP contribution in [-0.4, -0.2) is 62.6 Å². The Morgan fingerprint density at radius 1 is 1.09 bits per heavy atom. The van der Waals surface area contributed by atoms with Crippen molar-refractivity contribution in [1.29, 1.82) is 0 Å². The Hall–Kier alpha value is -2.76. The molecule has 33 heavy (non-hydrogen) atoms. The van der Waals surface area contributed by atoms with Crippen LogP contribution in [0, 0.1) is 0 Å². The number of benzene rings is 2. The number of anilines is 1. The number of alkyl halides is 3. The quantitative estimate of drug-likeness (QED) is 0.490. The topological polar surface area (TPSA) is 64.1 Å². The molecule has 1 aliphatic rings. The molecule has 0 saturated carbocycles. The third-order valence-corrected chi connectivity index (χ3v) is 5.66. The number of carbonyl (C=O) groups excluding carboxylic acids is 1. The van der Waals surface area contributed by atoms with Crippen molar-refractivity contribution in [2.75, 3.05) is 45.3 Å². The number of amides is 1. The van der Waals surface area contributed by atoms with Crippen LogP contribution in [0.15, 0.2) is 36.4 Å². The monoisotopic (exact) mass is 503 g/mol. The second kappa shape index (κ2) is 10.0. The first-order chi connectivity index (χ1) is 15.2. The van der Waals surface area contributed by atoms with E-state index in [-0.39, 0.29) is 24.1 Å². The molecule has 0 fully saturated rings. The van der Waals surface area contributed by atoms with E-state index in [1.807, 2.05) is 19.0 Å². The average Bonchev–Trinajstić information content (AvgIpc) is 3.15. The molecule has 0 saturated heterocycles. The van der Waals surface area contributed by atoms with E-state index in [0.29, 0.717) is 58.7 Å². The molecule has 0 radical (unpaired) electrons. The molecule has 0 atom stereocenters. The van der Waals surface area contributed by atoms with Crippen molar-refractivity contribution < 1.29 is 32.2 Å². The standard InChI is InChI=1S/C21H20F3N3O4S.ClH/c1-26(2)7-8-27(19(28)13-3-6-16-17(11-13)30-10-9-29-16)20-25-15-5-4-14(12-18(15)32-20)31-21(22,23)24;/h3-6,11-12H,7-10H2,1-2H3;1H. The first kappa shape index (κ1) is 24.9. The molecule has 1 aliphatic heterocycles. The Morgan fingerprint density at radius 3 is 2.52 bits per heavy atom. The molecule has 4 rings (SSSR count). The number of fused-ring (bicyclic) bond motifs is 2. The highest BCUT2D eigenvalue weighted by atomic mass is 35.5. The van der Waals surface area contributed by atoms with Crippen LogP contribution in [-0.2, 0) is 0 Å². The minimum absolute atomic E-state index is 0. The molecule has 0 aliphatic carbocycles. The van der Waals surface area contributed by atoms with E-state index in [4.69, 9.17) is 9.47 Å². The maximum atomic E-state index is 13.4.